The summed E-state index contributed by atoms with van der Waals surface area (Å²) in [4.78, 5) is 28.2. The first kappa shape index (κ1) is 19.3. The van der Waals surface area contributed by atoms with Crippen molar-refractivity contribution in [1.29, 1.82) is 0 Å². The lowest BCUT2D eigenvalue weighted by Gasteiger charge is -2.36. The largest absolute Gasteiger partial charge is 0.502 e. The average molecular weight is 394 g/mol. The fraction of sp³-hybridized carbons (Fsp3) is 0.391. The van der Waals surface area contributed by atoms with E-state index in [9.17, 15) is 14.7 Å². The van der Waals surface area contributed by atoms with E-state index in [1.54, 1.807) is 6.92 Å². The van der Waals surface area contributed by atoms with Gasteiger partial charge in [0.25, 0.3) is 0 Å². The molecule has 0 atom stereocenters. The Balaban J connectivity index is 1.56. The van der Waals surface area contributed by atoms with Crippen molar-refractivity contribution in [2.24, 2.45) is 0 Å². The van der Waals surface area contributed by atoms with Crippen LogP contribution in [0.25, 0.3) is 10.9 Å². The second-order valence-corrected chi connectivity index (χ2v) is 8.05. The Morgan fingerprint density at radius 3 is 2.83 bits per heavy atom. The Morgan fingerprint density at radius 1 is 1.24 bits per heavy atom. The van der Waals surface area contributed by atoms with E-state index in [2.05, 4.69) is 10.3 Å². The van der Waals surface area contributed by atoms with Crippen LogP contribution in [-0.4, -0.2) is 16.0 Å². The summed E-state index contributed by atoms with van der Waals surface area (Å²) in [5, 5.41) is 14.5. The van der Waals surface area contributed by atoms with Crippen molar-refractivity contribution >= 4 is 16.8 Å². The summed E-state index contributed by atoms with van der Waals surface area (Å²) < 4.78 is 5.81. The van der Waals surface area contributed by atoms with E-state index in [4.69, 9.17) is 4.42 Å². The number of aryl methyl sites for hydroxylation is 1. The smallest absolute Gasteiger partial charge is 0.227 e. The van der Waals surface area contributed by atoms with E-state index < -0.39 is 10.8 Å². The maximum atomic E-state index is 12.9. The molecule has 6 nitrogen and oxygen atoms in total. The number of carbonyl (C=O) groups excluding carboxylic acids is 1. The Kier molecular flexibility index (Phi) is 5.18. The lowest BCUT2D eigenvalue weighted by Crippen LogP contribution is -2.37. The summed E-state index contributed by atoms with van der Waals surface area (Å²) in [7, 11) is 0. The van der Waals surface area contributed by atoms with Gasteiger partial charge in [-0.05, 0) is 37.5 Å². The third-order valence-corrected chi connectivity index (χ3v) is 6.00. The van der Waals surface area contributed by atoms with Gasteiger partial charge in [-0.3, -0.25) is 9.59 Å². The second-order valence-electron chi connectivity index (χ2n) is 8.05. The van der Waals surface area contributed by atoms with Gasteiger partial charge in [0.05, 0.1) is 0 Å². The topological polar surface area (TPSA) is 95.3 Å². The zero-order valence-corrected chi connectivity index (χ0v) is 16.6. The first-order valence-corrected chi connectivity index (χ1v) is 10.1. The molecule has 2 heterocycles. The van der Waals surface area contributed by atoms with Crippen LogP contribution in [0.1, 0.15) is 55.6 Å². The third-order valence-electron chi connectivity index (χ3n) is 6.00. The second kappa shape index (κ2) is 7.78. The number of aromatic amines is 1. The van der Waals surface area contributed by atoms with E-state index in [0.29, 0.717) is 25.1 Å². The highest BCUT2D eigenvalue weighted by Gasteiger charge is 2.41. The molecule has 6 heteroatoms. The van der Waals surface area contributed by atoms with E-state index in [0.717, 1.165) is 35.7 Å². The van der Waals surface area contributed by atoms with Gasteiger partial charge in [0.15, 0.2) is 5.76 Å². The maximum absolute atomic E-state index is 12.9. The molecular formula is C23H26N2O4. The minimum Gasteiger partial charge on any atom is -0.502 e. The van der Waals surface area contributed by atoms with Gasteiger partial charge in [-0.15, -0.1) is 0 Å². The normalized spacial score (nSPS) is 16.0. The predicted molar refractivity (Wildman–Crippen MR) is 111 cm³/mol. The van der Waals surface area contributed by atoms with Crippen molar-refractivity contribution in [2.75, 3.05) is 0 Å². The molecule has 4 rings (SSSR count). The minimum atomic E-state index is -0.641. The molecule has 1 saturated carbocycles. The highest BCUT2D eigenvalue weighted by atomic mass is 16.4. The molecule has 1 aromatic carbocycles. The number of fused-ring (bicyclic) bond motifs is 1. The molecule has 3 N–H and O–H groups in total. The van der Waals surface area contributed by atoms with E-state index >= 15 is 0 Å². The van der Waals surface area contributed by atoms with Crippen LogP contribution in [0.4, 0.5) is 0 Å². The molecule has 2 aromatic heterocycles. The van der Waals surface area contributed by atoms with Crippen molar-refractivity contribution in [3.8, 4) is 5.75 Å². The van der Waals surface area contributed by atoms with Gasteiger partial charge >= 0.3 is 0 Å². The number of aromatic hydroxyl groups is 1. The summed E-state index contributed by atoms with van der Waals surface area (Å²) in [6.07, 6.45) is 6.46. The first-order valence-electron chi connectivity index (χ1n) is 10.1. The molecule has 0 bridgehead atoms. The van der Waals surface area contributed by atoms with Gasteiger partial charge in [0, 0.05) is 41.5 Å². The predicted octanol–water partition coefficient (Wildman–Crippen LogP) is 4.04. The SMILES string of the molecule is Cc1cc(=O)c(O)c(C2(CC(=O)NCc3cccc4[nH]ccc34)CCCCC2)o1. The van der Waals surface area contributed by atoms with Crippen LogP contribution < -0.4 is 10.7 Å². The number of benzene rings is 1. The molecule has 3 aromatic rings. The minimum absolute atomic E-state index is 0.108. The summed E-state index contributed by atoms with van der Waals surface area (Å²) in [5.41, 5.74) is 0.984. The van der Waals surface area contributed by atoms with Crippen molar-refractivity contribution in [3.05, 3.63) is 63.8 Å². The number of amides is 1. The van der Waals surface area contributed by atoms with Crippen molar-refractivity contribution in [3.63, 3.8) is 0 Å². The number of rotatable bonds is 5. The quantitative estimate of drug-likeness (QED) is 0.608. The third kappa shape index (κ3) is 3.79. The Bertz CT molecular complexity index is 1090. The zero-order valence-electron chi connectivity index (χ0n) is 16.6. The lowest BCUT2D eigenvalue weighted by molar-refractivity contribution is -0.123. The van der Waals surface area contributed by atoms with Crippen LogP contribution in [0.3, 0.4) is 0 Å². The van der Waals surface area contributed by atoms with Crippen LogP contribution in [-0.2, 0) is 16.8 Å². The van der Waals surface area contributed by atoms with Crippen LogP contribution in [0.5, 0.6) is 5.75 Å². The fourth-order valence-corrected chi connectivity index (χ4v) is 4.54. The number of hydrogen-bond acceptors (Lipinski definition) is 4. The van der Waals surface area contributed by atoms with E-state index in [1.807, 2.05) is 30.5 Å². The Morgan fingerprint density at radius 2 is 2.03 bits per heavy atom. The molecule has 152 valence electrons. The van der Waals surface area contributed by atoms with Gasteiger partial charge in [-0.25, -0.2) is 0 Å². The fourth-order valence-electron chi connectivity index (χ4n) is 4.54. The van der Waals surface area contributed by atoms with E-state index in [1.165, 1.54) is 6.07 Å². The number of nitrogens with one attached hydrogen (secondary N) is 2. The number of carbonyl (C=O) groups is 1. The highest BCUT2D eigenvalue weighted by Crippen LogP contribution is 2.44. The van der Waals surface area contributed by atoms with Crippen LogP contribution >= 0.6 is 0 Å². The molecule has 0 spiro atoms. The summed E-state index contributed by atoms with van der Waals surface area (Å²) in [6.45, 7) is 2.12. The van der Waals surface area contributed by atoms with Gasteiger partial charge in [0.2, 0.25) is 17.1 Å². The van der Waals surface area contributed by atoms with Crippen LogP contribution in [0.2, 0.25) is 0 Å². The number of H-pyrrole nitrogens is 1. The van der Waals surface area contributed by atoms with Crippen molar-refractivity contribution in [1.82, 2.24) is 10.3 Å². The molecule has 29 heavy (non-hydrogen) atoms. The molecule has 0 radical (unpaired) electrons. The molecule has 0 unspecified atom stereocenters. The van der Waals surface area contributed by atoms with Gasteiger partial charge in [0.1, 0.15) is 5.76 Å². The summed E-state index contributed by atoms with van der Waals surface area (Å²) in [5.74, 6) is 0.253. The van der Waals surface area contributed by atoms with E-state index in [-0.39, 0.29) is 23.8 Å². The standard InChI is InChI=1S/C23H26N2O4/c1-15-12-19(26)21(28)22(29-15)23(9-3-2-4-10-23)13-20(27)25-14-16-6-5-7-18-17(16)8-11-24-18/h5-8,11-12,24,28H,2-4,9-10,13-14H2,1H3,(H,25,27). The van der Waals surface area contributed by atoms with Crippen molar-refractivity contribution in [2.45, 2.75) is 57.4 Å². The monoisotopic (exact) mass is 394 g/mol. The lowest BCUT2D eigenvalue weighted by atomic mass is 9.69. The molecule has 1 aliphatic rings. The Hall–Kier alpha value is -3.02. The number of hydrogen-bond donors (Lipinski definition) is 3. The van der Waals surface area contributed by atoms with Crippen LogP contribution in [0.15, 0.2) is 45.7 Å². The molecule has 0 aliphatic heterocycles. The first-order chi connectivity index (χ1) is 14.0. The van der Waals surface area contributed by atoms with Gasteiger partial charge < -0.3 is 19.8 Å². The van der Waals surface area contributed by atoms with Crippen LogP contribution in [0, 0.1) is 6.92 Å². The zero-order chi connectivity index (χ0) is 20.4. The van der Waals surface area contributed by atoms with Gasteiger partial charge in [-0.2, -0.15) is 0 Å². The van der Waals surface area contributed by atoms with Crippen molar-refractivity contribution < 1.29 is 14.3 Å². The maximum Gasteiger partial charge on any atom is 0.227 e. The molecule has 0 saturated heterocycles. The summed E-state index contributed by atoms with van der Waals surface area (Å²) in [6, 6.07) is 9.24. The van der Waals surface area contributed by atoms with Gasteiger partial charge in [-0.1, -0.05) is 31.4 Å². The number of aromatic nitrogens is 1. The summed E-state index contributed by atoms with van der Waals surface area (Å²) >= 11 is 0. The Labute approximate surface area is 168 Å². The molecule has 1 amide bonds. The molecule has 1 fully saturated rings. The average Bonchev–Trinajstić information content (AvgIpc) is 3.19. The molecule has 1 aliphatic carbocycles. The highest BCUT2D eigenvalue weighted by molar-refractivity contribution is 5.84. The molecular weight excluding hydrogens is 368 g/mol.